The van der Waals surface area contributed by atoms with Crippen LogP contribution in [0.5, 0.6) is 5.75 Å². The average molecular weight is 405 g/mol. The van der Waals surface area contributed by atoms with Crippen molar-refractivity contribution >= 4 is 28.2 Å². The maximum absolute atomic E-state index is 11.5. The number of halogens is 1. The molecule has 0 amide bonds. The van der Waals surface area contributed by atoms with Crippen molar-refractivity contribution in [2.75, 3.05) is 0 Å². The van der Waals surface area contributed by atoms with Crippen LogP contribution in [0.4, 0.5) is 0 Å². The molecule has 2 unspecified atom stereocenters. The Kier molecular flexibility index (Phi) is 4.30. The Morgan fingerprint density at radius 1 is 1.36 bits per heavy atom. The summed E-state index contributed by atoms with van der Waals surface area (Å²) in [7, 11) is 0. The van der Waals surface area contributed by atoms with Crippen LogP contribution in [-0.4, -0.2) is 17.1 Å². The number of aryl methyl sites for hydroxylation is 1. The first kappa shape index (κ1) is 17.3. The zero-order valence-corrected chi connectivity index (χ0v) is 16.4. The summed E-state index contributed by atoms with van der Waals surface area (Å²) >= 11 is 3.86. The van der Waals surface area contributed by atoms with Gasteiger partial charge in [-0.1, -0.05) is 28.9 Å². The highest BCUT2D eigenvalue weighted by atomic mass is 79.9. The third-order valence-electron chi connectivity index (χ3n) is 7.10. The summed E-state index contributed by atoms with van der Waals surface area (Å²) in [5.74, 6) is 2.41. The number of hydrogen-bond donors (Lipinski definition) is 0. The number of fused-ring (bicyclic) bond motifs is 5. The first-order valence-electron chi connectivity index (χ1n) is 9.34. The molecule has 4 heteroatoms. The maximum Gasteiger partial charge on any atom is 0.308 e. The van der Waals surface area contributed by atoms with Crippen LogP contribution < -0.4 is 4.74 Å². The average Bonchev–Trinajstić information content (AvgIpc) is 2.85. The smallest absolute Gasteiger partial charge is 0.308 e. The van der Waals surface area contributed by atoms with E-state index in [2.05, 4.69) is 35.0 Å². The molecule has 1 aromatic rings. The van der Waals surface area contributed by atoms with Gasteiger partial charge in [0.15, 0.2) is 0 Å². The second kappa shape index (κ2) is 6.22. The molecular formula is C21H25BrO3. The van der Waals surface area contributed by atoms with Crippen molar-refractivity contribution in [1.29, 1.82) is 0 Å². The Bertz CT molecular complexity index is 715. The van der Waals surface area contributed by atoms with Crippen molar-refractivity contribution in [3.8, 4) is 5.75 Å². The van der Waals surface area contributed by atoms with Gasteiger partial charge in [-0.15, -0.1) is 0 Å². The lowest BCUT2D eigenvalue weighted by molar-refractivity contribution is -0.131. The molecule has 0 N–H and O–H groups in total. The summed E-state index contributed by atoms with van der Waals surface area (Å²) in [6, 6.07) is 6.16. The van der Waals surface area contributed by atoms with Crippen LogP contribution in [0.3, 0.4) is 0 Å². The van der Waals surface area contributed by atoms with E-state index < -0.39 is 0 Å². The van der Waals surface area contributed by atoms with E-state index in [1.165, 1.54) is 43.6 Å². The third-order valence-corrected chi connectivity index (χ3v) is 8.83. The number of carbonyl (C=O) groups is 2. The SMILES string of the molecule is CC(=O)Oc1ccc2c(c1)CC[C@@H]1[C@@H]2CC[C@]2(C)C(Br)C(C=O)C[C@@H]12. The molecule has 134 valence electrons. The second-order valence-corrected chi connectivity index (χ2v) is 9.34. The molecular weight excluding hydrogens is 380 g/mol. The number of ether oxygens (including phenoxy) is 1. The summed E-state index contributed by atoms with van der Waals surface area (Å²) in [6.45, 7) is 3.83. The van der Waals surface area contributed by atoms with Crippen LogP contribution in [-0.2, 0) is 16.0 Å². The summed E-state index contributed by atoms with van der Waals surface area (Å²) < 4.78 is 5.26. The quantitative estimate of drug-likeness (QED) is 0.311. The van der Waals surface area contributed by atoms with Crippen LogP contribution in [0.15, 0.2) is 18.2 Å². The van der Waals surface area contributed by atoms with E-state index in [9.17, 15) is 9.59 Å². The highest BCUT2D eigenvalue weighted by molar-refractivity contribution is 9.09. The highest BCUT2D eigenvalue weighted by Crippen LogP contribution is 2.63. The molecule has 0 heterocycles. The Morgan fingerprint density at radius 3 is 2.88 bits per heavy atom. The molecule has 2 fully saturated rings. The minimum absolute atomic E-state index is 0.154. The van der Waals surface area contributed by atoms with Gasteiger partial charge >= 0.3 is 5.97 Å². The zero-order valence-electron chi connectivity index (χ0n) is 14.8. The van der Waals surface area contributed by atoms with E-state index >= 15 is 0 Å². The monoisotopic (exact) mass is 404 g/mol. The fraction of sp³-hybridized carbons (Fsp3) is 0.619. The van der Waals surface area contributed by atoms with Crippen molar-refractivity contribution < 1.29 is 14.3 Å². The normalized spacial score (nSPS) is 39.1. The van der Waals surface area contributed by atoms with E-state index in [-0.39, 0.29) is 17.3 Å². The molecule has 1 aromatic carbocycles. The number of hydrogen-bond acceptors (Lipinski definition) is 3. The molecule has 6 atom stereocenters. The van der Waals surface area contributed by atoms with Gasteiger partial charge < -0.3 is 9.53 Å². The molecule has 0 spiro atoms. The Hall–Kier alpha value is -1.16. The Labute approximate surface area is 157 Å². The van der Waals surface area contributed by atoms with E-state index in [0.29, 0.717) is 28.3 Å². The number of esters is 1. The number of alkyl halides is 1. The lowest BCUT2D eigenvalue weighted by Crippen LogP contribution is -2.42. The van der Waals surface area contributed by atoms with Crippen molar-refractivity contribution in [1.82, 2.24) is 0 Å². The Morgan fingerprint density at radius 2 is 2.16 bits per heavy atom. The van der Waals surface area contributed by atoms with Crippen LogP contribution in [0.1, 0.15) is 56.6 Å². The van der Waals surface area contributed by atoms with Crippen LogP contribution in [0.25, 0.3) is 0 Å². The van der Waals surface area contributed by atoms with Crippen molar-refractivity contribution in [2.24, 2.45) is 23.2 Å². The van der Waals surface area contributed by atoms with Gasteiger partial charge in [-0.05, 0) is 78.5 Å². The minimum atomic E-state index is -0.267. The summed E-state index contributed by atoms with van der Waals surface area (Å²) in [6.07, 6.45) is 6.76. The summed E-state index contributed by atoms with van der Waals surface area (Å²) in [5.41, 5.74) is 3.01. The highest BCUT2D eigenvalue weighted by Gasteiger charge is 2.57. The molecule has 0 radical (unpaired) electrons. The van der Waals surface area contributed by atoms with Gasteiger partial charge in [-0.3, -0.25) is 4.79 Å². The van der Waals surface area contributed by atoms with Gasteiger partial charge in [0.05, 0.1) is 0 Å². The van der Waals surface area contributed by atoms with Crippen molar-refractivity contribution in [3.05, 3.63) is 29.3 Å². The molecule has 3 aliphatic rings. The van der Waals surface area contributed by atoms with Gasteiger partial charge in [0.2, 0.25) is 0 Å². The molecule has 3 aliphatic carbocycles. The van der Waals surface area contributed by atoms with Crippen molar-refractivity contribution in [2.45, 2.75) is 56.7 Å². The summed E-state index contributed by atoms with van der Waals surface area (Å²) in [4.78, 5) is 23.0. The lowest BCUT2D eigenvalue weighted by atomic mass is 9.56. The fourth-order valence-electron chi connectivity index (χ4n) is 5.95. The molecule has 0 saturated heterocycles. The number of rotatable bonds is 2. The zero-order chi connectivity index (χ0) is 17.8. The third kappa shape index (κ3) is 2.68. The van der Waals surface area contributed by atoms with Crippen LogP contribution in [0.2, 0.25) is 0 Å². The van der Waals surface area contributed by atoms with Gasteiger partial charge in [-0.2, -0.15) is 0 Å². The van der Waals surface area contributed by atoms with Crippen LogP contribution in [0, 0.1) is 23.2 Å². The molecule has 0 aromatic heterocycles. The lowest BCUT2D eigenvalue weighted by Gasteiger charge is -2.50. The molecule has 0 aliphatic heterocycles. The molecule has 3 nitrogen and oxygen atoms in total. The first-order valence-corrected chi connectivity index (χ1v) is 10.3. The van der Waals surface area contributed by atoms with Gasteiger partial charge in [0, 0.05) is 17.7 Å². The van der Waals surface area contributed by atoms with Gasteiger partial charge in [0.25, 0.3) is 0 Å². The number of carbonyl (C=O) groups excluding carboxylic acids is 2. The van der Waals surface area contributed by atoms with E-state index in [1.807, 2.05) is 6.07 Å². The fourth-order valence-corrected chi connectivity index (χ4v) is 6.86. The van der Waals surface area contributed by atoms with Crippen LogP contribution >= 0.6 is 15.9 Å². The standard InChI is InChI=1S/C21H25BrO3/c1-12(24)25-15-4-6-16-13(9-15)3-5-18-17(16)7-8-21(2)19(18)10-14(11-23)20(21)22/h4,6,9,11,14,17-20H,3,5,7-8,10H2,1-2H3/t14?,17-,18-,19+,20?,21+/m1/s1. The van der Waals surface area contributed by atoms with Gasteiger partial charge in [0.1, 0.15) is 12.0 Å². The maximum atomic E-state index is 11.5. The van der Waals surface area contributed by atoms with E-state index in [1.54, 1.807) is 0 Å². The molecule has 25 heavy (non-hydrogen) atoms. The second-order valence-electron chi connectivity index (χ2n) is 8.35. The number of benzene rings is 1. The largest absolute Gasteiger partial charge is 0.427 e. The summed E-state index contributed by atoms with van der Waals surface area (Å²) in [5, 5.41) is 0. The Balaban J connectivity index is 1.64. The predicted octanol–water partition coefficient (Wildman–Crippen LogP) is 4.66. The molecule has 4 rings (SSSR count). The topological polar surface area (TPSA) is 43.4 Å². The predicted molar refractivity (Wildman–Crippen MR) is 100 cm³/mol. The molecule has 0 bridgehead atoms. The minimum Gasteiger partial charge on any atom is -0.427 e. The first-order chi connectivity index (χ1) is 11.9. The van der Waals surface area contributed by atoms with Crippen molar-refractivity contribution in [3.63, 3.8) is 0 Å². The van der Waals surface area contributed by atoms with Gasteiger partial charge in [-0.25, -0.2) is 0 Å². The van der Waals surface area contributed by atoms with E-state index in [4.69, 9.17) is 4.74 Å². The van der Waals surface area contributed by atoms with E-state index in [0.717, 1.165) is 12.8 Å². The number of aldehydes is 1. The molecule has 2 saturated carbocycles.